The summed E-state index contributed by atoms with van der Waals surface area (Å²) in [5.41, 5.74) is 5.74. The molecular formula is C27H20Cl2N4O2. The highest BCUT2D eigenvalue weighted by Gasteiger charge is 2.19. The fraction of sp³-hybridized carbons (Fsp3) is 0.0741. The molecule has 0 radical (unpaired) electrons. The average molecular weight is 503 g/mol. The van der Waals surface area contributed by atoms with Crippen LogP contribution in [0.25, 0.3) is 34.6 Å². The molecule has 0 fully saturated rings. The Balaban J connectivity index is 1.45. The molecule has 8 heteroatoms. The summed E-state index contributed by atoms with van der Waals surface area (Å²) in [5.74, 6) is 0.681. The number of rotatable bonds is 5. The van der Waals surface area contributed by atoms with Crippen molar-refractivity contribution in [3.05, 3.63) is 98.9 Å². The van der Waals surface area contributed by atoms with Gasteiger partial charge >= 0.3 is 0 Å². The smallest absolute Gasteiger partial charge is 0.256 e. The summed E-state index contributed by atoms with van der Waals surface area (Å²) in [4.78, 5) is 21.2. The molecule has 2 aromatic heterocycles. The van der Waals surface area contributed by atoms with Gasteiger partial charge in [0.05, 0.1) is 26.6 Å². The van der Waals surface area contributed by atoms with Crippen molar-refractivity contribution < 1.29 is 9.32 Å². The van der Waals surface area contributed by atoms with E-state index < -0.39 is 0 Å². The highest BCUT2D eigenvalue weighted by molar-refractivity contribution is 6.42. The molecule has 5 aromatic rings. The van der Waals surface area contributed by atoms with E-state index in [4.69, 9.17) is 27.7 Å². The van der Waals surface area contributed by atoms with Gasteiger partial charge in [0, 0.05) is 5.56 Å². The minimum Gasteiger partial charge on any atom is -0.354 e. The van der Waals surface area contributed by atoms with Gasteiger partial charge in [0.25, 0.3) is 5.91 Å². The van der Waals surface area contributed by atoms with Gasteiger partial charge in [-0.25, -0.2) is 4.98 Å². The van der Waals surface area contributed by atoms with Crippen LogP contribution in [0.1, 0.15) is 32.9 Å². The maximum Gasteiger partial charge on any atom is 0.256 e. The first-order valence-corrected chi connectivity index (χ1v) is 11.6. The lowest BCUT2D eigenvalue weighted by atomic mass is 10.1. The van der Waals surface area contributed by atoms with Gasteiger partial charge in [-0.2, -0.15) is 0 Å². The van der Waals surface area contributed by atoms with Crippen LogP contribution in [0.5, 0.6) is 0 Å². The Morgan fingerprint density at radius 1 is 1.00 bits per heavy atom. The Morgan fingerprint density at radius 2 is 1.74 bits per heavy atom. The fourth-order valence-electron chi connectivity index (χ4n) is 3.70. The first kappa shape index (κ1) is 22.9. The van der Waals surface area contributed by atoms with Crippen LogP contribution in [-0.4, -0.2) is 21.0 Å². The zero-order chi connectivity index (χ0) is 24.5. The van der Waals surface area contributed by atoms with Crippen molar-refractivity contribution in [2.24, 2.45) is 0 Å². The summed E-state index contributed by atoms with van der Waals surface area (Å²) in [5, 5.41) is 7.82. The second-order valence-corrected chi connectivity index (χ2v) is 8.93. The lowest BCUT2D eigenvalue weighted by molar-refractivity contribution is 0.102. The second kappa shape index (κ2) is 9.41. The van der Waals surface area contributed by atoms with Gasteiger partial charge in [-0.15, -0.1) is 0 Å². The number of nitrogens with zero attached hydrogens (tertiary/aromatic N) is 2. The average Bonchev–Trinajstić information content (AvgIpc) is 3.42. The number of hydrogen-bond donors (Lipinski definition) is 2. The second-order valence-electron chi connectivity index (χ2n) is 8.12. The number of anilines is 1. The molecule has 0 bridgehead atoms. The number of fused-ring (bicyclic) bond motifs is 1. The van der Waals surface area contributed by atoms with Gasteiger partial charge in [0.1, 0.15) is 17.2 Å². The van der Waals surface area contributed by atoms with Gasteiger partial charge in [-0.1, -0.05) is 82.5 Å². The Bertz CT molecular complexity index is 1540. The molecule has 35 heavy (non-hydrogen) atoms. The number of aromatic amines is 1. The van der Waals surface area contributed by atoms with Gasteiger partial charge in [0.2, 0.25) is 0 Å². The molecular weight excluding hydrogens is 483 g/mol. The van der Waals surface area contributed by atoms with Crippen molar-refractivity contribution in [1.82, 2.24) is 15.1 Å². The normalized spacial score (nSPS) is 11.4. The van der Waals surface area contributed by atoms with Crippen molar-refractivity contribution in [2.75, 3.05) is 5.32 Å². The van der Waals surface area contributed by atoms with E-state index in [0.717, 1.165) is 11.1 Å². The van der Waals surface area contributed by atoms with Gasteiger partial charge in [-0.3, -0.25) is 4.79 Å². The number of aryl methyl sites for hydroxylation is 2. The number of carbonyl (C=O) groups is 1. The molecule has 0 saturated heterocycles. The lowest BCUT2D eigenvalue weighted by Gasteiger charge is -2.08. The van der Waals surface area contributed by atoms with E-state index in [0.29, 0.717) is 49.7 Å². The number of carbonyl (C=O) groups excluding carboxylic acids is 1. The fourth-order valence-corrected chi connectivity index (χ4v) is 4.03. The van der Waals surface area contributed by atoms with Crippen LogP contribution in [0.4, 0.5) is 5.69 Å². The minimum absolute atomic E-state index is 0.312. The number of H-pyrrole nitrogens is 1. The number of halogens is 2. The van der Waals surface area contributed by atoms with Gasteiger partial charge < -0.3 is 14.8 Å². The van der Waals surface area contributed by atoms with Crippen LogP contribution < -0.4 is 5.32 Å². The van der Waals surface area contributed by atoms with Crippen molar-refractivity contribution >= 4 is 58.0 Å². The summed E-state index contributed by atoms with van der Waals surface area (Å²) in [6.45, 7) is 3.81. The topological polar surface area (TPSA) is 83.8 Å². The molecule has 0 unspecified atom stereocenters. The summed E-state index contributed by atoms with van der Waals surface area (Å²) >= 11 is 12.3. The third kappa shape index (κ3) is 4.71. The van der Waals surface area contributed by atoms with Crippen LogP contribution in [0, 0.1) is 13.8 Å². The molecule has 0 aliphatic heterocycles. The van der Waals surface area contributed by atoms with Crippen LogP contribution >= 0.6 is 23.2 Å². The molecule has 0 aliphatic rings. The standard InChI is InChI=1S/C27H20Cl2N4O2/c1-15-7-9-17(10-8-15)11-12-24-25(16(2)33-35-24)32-27(34)19-6-4-3-5-18(19)26-30-22-13-20(28)21(29)14-23(22)31-26/h3-14H,1-2H3,(H,30,31)(H,32,34)/b12-11+. The van der Waals surface area contributed by atoms with Crippen LogP contribution in [0.15, 0.2) is 65.2 Å². The largest absolute Gasteiger partial charge is 0.354 e. The van der Waals surface area contributed by atoms with Crippen LogP contribution in [0.3, 0.4) is 0 Å². The predicted octanol–water partition coefficient (Wildman–Crippen LogP) is 7.56. The maximum atomic E-state index is 13.4. The molecule has 0 saturated carbocycles. The zero-order valence-corrected chi connectivity index (χ0v) is 20.4. The molecule has 174 valence electrons. The summed E-state index contributed by atoms with van der Waals surface area (Å²) in [7, 11) is 0. The molecule has 6 nitrogen and oxygen atoms in total. The third-order valence-corrected chi connectivity index (χ3v) is 6.31. The Morgan fingerprint density at radius 3 is 2.54 bits per heavy atom. The third-order valence-electron chi connectivity index (χ3n) is 5.58. The van der Waals surface area contributed by atoms with Crippen molar-refractivity contribution in [3.63, 3.8) is 0 Å². The zero-order valence-electron chi connectivity index (χ0n) is 18.9. The van der Waals surface area contributed by atoms with Gasteiger partial charge in [0.15, 0.2) is 5.76 Å². The quantitative estimate of drug-likeness (QED) is 0.259. The van der Waals surface area contributed by atoms with E-state index in [2.05, 4.69) is 20.4 Å². The van der Waals surface area contributed by atoms with Crippen molar-refractivity contribution in [2.45, 2.75) is 13.8 Å². The summed E-state index contributed by atoms with van der Waals surface area (Å²) < 4.78 is 5.46. The van der Waals surface area contributed by atoms with Gasteiger partial charge in [-0.05, 0) is 43.7 Å². The molecule has 0 aliphatic carbocycles. The Kier molecular flexibility index (Phi) is 6.16. The van der Waals surface area contributed by atoms with E-state index in [1.54, 1.807) is 37.3 Å². The SMILES string of the molecule is Cc1ccc(/C=C/c2onc(C)c2NC(=O)c2ccccc2-c2nc3cc(Cl)c(Cl)cc3[nH]2)cc1. The summed E-state index contributed by atoms with van der Waals surface area (Å²) in [6, 6.07) is 18.7. The number of benzene rings is 3. The van der Waals surface area contributed by atoms with E-state index >= 15 is 0 Å². The summed E-state index contributed by atoms with van der Waals surface area (Å²) in [6.07, 6.45) is 3.70. The highest BCUT2D eigenvalue weighted by atomic mass is 35.5. The first-order chi connectivity index (χ1) is 16.9. The van der Waals surface area contributed by atoms with Crippen molar-refractivity contribution in [1.29, 1.82) is 0 Å². The van der Waals surface area contributed by atoms with Crippen LogP contribution in [0.2, 0.25) is 10.0 Å². The van der Waals surface area contributed by atoms with Crippen molar-refractivity contribution in [3.8, 4) is 11.4 Å². The minimum atomic E-state index is -0.312. The number of hydrogen-bond acceptors (Lipinski definition) is 4. The van der Waals surface area contributed by atoms with E-state index in [1.165, 1.54) is 5.56 Å². The van der Waals surface area contributed by atoms with E-state index in [9.17, 15) is 4.79 Å². The lowest BCUT2D eigenvalue weighted by Crippen LogP contribution is -2.14. The Hall–Kier alpha value is -3.87. The maximum absolute atomic E-state index is 13.4. The number of nitrogens with one attached hydrogen (secondary N) is 2. The monoisotopic (exact) mass is 502 g/mol. The first-order valence-electron chi connectivity index (χ1n) is 10.9. The number of aromatic nitrogens is 3. The number of imidazole rings is 1. The molecule has 1 amide bonds. The van der Waals surface area contributed by atoms with E-state index in [1.807, 2.05) is 49.4 Å². The molecule has 0 atom stereocenters. The van der Waals surface area contributed by atoms with E-state index in [-0.39, 0.29) is 5.91 Å². The molecule has 5 rings (SSSR count). The Labute approximate surface area is 211 Å². The predicted molar refractivity (Wildman–Crippen MR) is 141 cm³/mol. The van der Waals surface area contributed by atoms with Crippen LogP contribution in [-0.2, 0) is 0 Å². The number of amides is 1. The molecule has 0 spiro atoms. The molecule has 2 heterocycles. The molecule has 2 N–H and O–H groups in total. The highest BCUT2D eigenvalue weighted by Crippen LogP contribution is 2.31. The molecule has 3 aromatic carbocycles.